The zero-order chi connectivity index (χ0) is 12.1. The molecule has 0 aromatic carbocycles. The van der Waals surface area contributed by atoms with E-state index < -0.39 is 0 Å². The third kappa shape index (κ3) is 5.50. The van der Waals surface area contributed by atoms with Crippen molar-refractivity contribution in [3.05, 3.63) is 0 Å². The molecule has 0 aliphatic carbocycles. The summed E-state index contributed by atoms with van der Waals surface area (Å²) in [5.74, 6) is 0. The Bertz CT molecular complexity index is 178. The van der Waals surface area contributed by atoms with E-state index in [2.05, 4.69) is 39.6 Å². The lowest BCUT2D eigenvalue weighted by Crippen LogP contribution is -2.44. The van der Waals surface area contributed by atoms with Gasteiger partial charge < -0.3 is 10.8 Å². The topological polar surface area (TPSA) is 49.5 Å². The van der Waals surface area contributed by atoms with Gasteiger partial charge in [0.15, 0.2) is 0 Å². The van der Waals surface area contributed by atoms with E-state index in [1.165, 1.54) is 0 Å². The fraction of sp³-hybridized carbons (Fsp3) is 1.00. The van der Waals surface area contributed by atoms with Gasteiger partial charge in [-0.25, -0.2) is 0 Å². The van der Waals surface area contributed by atoms with Crippen molar-refractivity contribution < 1.29 is 5.11 Å². The molecule has 0 heterocycles. The molecule has 0 unspecified atom stereocenters. The summed E-state index contributed by atoms with van der Waals surface area (Å²) in [6.45, 7) is 10.5. The lowest BCUT2D eigenvalue weighted by Gasteiger charge is -2.34. The van der Waals surface area contributed by atoms with Crippen LogP contribution in [0.15, 0.2) is 0 Å². The highest BCUT2D eigenvalue weighted by Crippen LogP contribution is 2.21. The molecule has 0 bridgehead atoms. The van der Waals surface area contributed by atoms with Crippen molar-refractivity contribution in [3.8, 4) is 0 Å². The molecule has 15 heavy (non-hydrogen) atoms. The van der Waals surface area contributed by atoms with Gasteiger partial charge in [-0.2, -0.15) is 0 Å². The Balaban J connectivity index is 3.87. The van der Waals surface area contributed by atoms with Crippen LogP contribution in [-0.2, 0) is 0 Å². The molecule has 0 radical (unpaired) electrons. The molecule has 0 spiro atoms. The minimum Gasteiger partial charge on any atom is -0.394 e. The van der Waals surface area contributed by atoms with Gasteiger partial charge in [0.05, 0.1) is 6.61 Å². The highest BCUT2D eigenvalue weighted by molar-refractivity contribution is 4.78. The van der Waals surface area contributed by atoms with E-state index in [4.69, 9.17) is 5.73 Å². The van der Waals surface area contributed by atoms with E-state index in [-0.39, 0.29) is 17.6 Å². The third-order valence-corrected chi connectivity index (χ3v) is 3.32. The molecule has 0 aromatic heterocycles. The van der Waals surface area contributed by atoms with Crippen molar-refractivity contribution in [1.29, 1.82) is 0 Å². The molecular weight excluding hydrogens is 188 g/mol. The number of aliphatic hydroxyl groups is 1. The first-order valence-electron chi connectivity index (χ1n) is 5.77. The van der Waals surface area contributed by atoms with Gasteiger partial charge >= 0.3 is 0 Å². The largest absolute Gasteiger partial charge is 0.394 e. The Morgan fingerprint density at radius 2 is 1.73 bits per heavy atom. The van der Waals surface area contributed by atoms with Gasteiger partial charge in [-0.3, -0.25) is 4.90 Å². The number of hydrogen-bond donors (Lipinski definition) is 2. The Hall–Kier alpha value is -0.120. The van der Waals surface area contributed by atoms with Crippen molar-refractivity contribution in [2.45, 2.75) is 46.1 Å². The number of nitrogens with two attached hydrogens (primary N) is 1. The smallest absolute Gasteiger partial charge is 0.0609 e. The summed E-state index contributed by atoms with van der Waals surface area (Å²) in [6, 6.07) is 0. The van der Waals surface area contributed by atoms with Crippen LogP contribution in [0.1, 0.15) is 40.5 Å². The van der Waals surface area contributed by atoms with E-state index in [0.29, 0.717) is 0 Å². The zero-order valence-electron chi connectivity index (χ0n) is 11.0. The number of hydrogen-bond acceptors (Lipinski definition) is 3. The maximum Gasteiger partial charge on any atom is 0.0609 e. The first-order chi connectivity index (χ1) is 6.75. The van der Waals surface area contributed by atoms with Crippen molar-refractivity contribution in [2.75, 3.05) is 26.7 Å². The van der Waals surface area contributed by atoms with Gasteiger partial charge in [-0.05, 0) is 52.2 Å². The van der Waals surface area contributed by atoms with Crippen LogP contribution < -0.4 is 5.73 Å². The normalized spacial score (nSPS) is 13.6. The molecule has 0 fully saturated rings. The van der Waals surface area contributed by atoms with Crippen molar-refractivity contribution in [3.63, 3.8) is 0 Å². The van der Waals surface area contributed by atoms with Crippen LogP contribution in [0.5, 0.6) is 0 Å². The van der Waals surface area contributed by atoms with Crippen LogP contribution in [0.25, 0.3) is 0 Å². The molecule has 3 N–H and O–H groups in total. The molecule has 0 saturated carbocycles. The number of aliphatic hydroxyl groups excluding tert-OH is 1. The summed E-state index contributed by atoms with van der Waals surface area (Å²) in [5, 5.41) is 9.21. The van der Waals surface area contributed by atoms with Crippen LogP contribution in [0.3, 0.4) is 0 Å². The summed E-state index contributed by atoms with van der Waals surface area (Å²) < 4.78 is 0. The number of likely N-dealkylation sites (N-methyl/N-ethyl adjacent to an activating group) is 1. The fourth-order valence-corrected chi connectivity index (χ4v) is 1.32. The van der Waals surface area contributed by atoms with Crippen LogP contribution in [0.2, 0.25) is 0 Å². The lowest BCUT2D eigenvalue weighted by molar-refractivity contribution is 0.0753. The second kappa shape index (κ2) is 5.83. The SMILES string of the molecule is CN(CCCC(C)(C)CN)C(C)(C)CO. The molecule has 3 heteroatoms. The van der Waals surface area contributed by atoms with Gasteiger partial charge in [0, 0.05) is 5.54 Å². The van der Waals surface area contributed by atoms with Gasteiger partial charge in [-0.1, -0.05) is 13.8 Å². The van der Waals surface area contributed by atoms with Crippen LogP contribution >= 0.6 is 0 Å². The molecule has 92 valence electrons. The van der Waals surface area contributed by atoms with Crippen LogP contribution in [0.4, 0.5) is 0 Å². The van der Waals surface area contributed by atoms with E-state index >= 15 is 0 Å². The molecule has 0 atom stereocenters. The maximum atomic E-state index is 9.21. The van der Waals surface area contributed by atoms with E-state index in [1.54, 1.807) is 0 Å². The first-order valence-corrected chi connectivity index (χ1v) is 5.77. The molecule has 3 nitrogen and oxygen atoms in total. The predicted octanol–water partition coefficient (Wildman–Crippen LogP) is 1.45. The Kier molecular flexibility index (Phi) is 5.78. The molecule has 0 aliphatic heterocycles. The number of rotatable bonds is 7. The monoisotopic (exact) mass is 216 g/mol. The Morgan fingerprint density at radius 1 is 1.20 bits per heavy atom. The summed E-state index contributed by atoms with van der Waals surface area (Å²) in [4.78, 5) is 2.21. The van der Waals surface area contributed by atoms with Crippen LogP contribution in [0, 0.1) is 5.41 Å². The van der Waals surface area contributed by atoms with Crippen LogP contribution in [-0.4, -0.2) is 42.3 Å². The Labute approximate surface area is 94.6 Å². The standard InChI is InChI=1S/C12H28N2O/c1-11(2,9-13)7-6-8-14(5)12(3,4)10-15/h15H,6-10,13H2,1-5H3. The maximum absolute atomic E-state index is 9.21. The molecular formula is C12H28N2O. The van der Waals surface area contributed by atoms with E-state index in [1.807, 2.05) is 0 Å². The van der Waals surface area contributed by atoms with Gasteiger partial charge in [0.2, 0.25) is 0 Å². The lowest BCUT2D eigenvalue weighted by atomic mass is 9.88. The highest BCUT2D eigenvalue weighted by atomic mass is 16.3. The highest BCUT2D eigenvalue weighted by Gasteiger charge is 2.22. The molecule has 0 aromatic rings. The summed E-state index contributed by atoms with van der Waals surface area (Å²) in [5.41, 5.74) is 5.80. The second-order valence-corrected chi connectivity index (χ2v) is 5.86. The third-order valence-electron chi connectivity index (χ3n) is 3.32. The molecule has 0 saturated heterocycles. The van der Waals surface area contributed by atoms with Gasteiger partial charge in [0.1, 0.15) is 0 Å². The second-order valence-electron chi connectivity index (χ2n) is 5.86. The number of nitrogens with zero attached hydrogens (tertiary/aromatic N) is 1. The molecule has 0 aliphatic rings. The summed E-state index contributed by atoms with van der Waals surface area (Å²) in [6.07, 6.45) is 2.26. The first kappa shape index (κ1) is 14.9. The van der Waals surface area contributed by atoms with Gasteiger partial charge in [-0.15, -0.1) is 0 Å². The minimum atomic E-state index is -0.118. The molecule has 0 amide bonds. The summed E-state index contributed by atoms with van der Waals surface area (Å²) in [7, 11) is 2.06. The average Bonchev–Trinajstić information content (AvgIpc) is 2.17. The van der Waals surface area contributed by atoms with Crippen molar-refractivity contribution in [2.24, 2.45) is 11.1 Å². The fourth-order valence-electron chi connectivity index (χ4n) is 1.32. The van der Waals surface area contributed by atoms with E-state index in [9.17, 15) is 5.11 Å². The Morgan fingerprint density at radius 3 is 2.13 bits per heavy atom. The predicted molar refractivity (Wildman–Crippen MR) is 65.9 cm³/mol. The van der Waals surface area contributed by atoms with Gasteiger partial charge in [0.25, 0.3) is 0 Å². The van der Waals surface area contributed by atoms with Crippen molar-refractivity contribution >= 4 is 0 Å². The van der Waals surface area contributed by atoms with Crippen molar-refractivity contribution in [1.82, 2.24) is 4.90 Å². The molecule has 0 rings (SSSR count). The van der Waals surface area contributed by atoms with E-state index in [0.717, 1.165) is 25.9 Å². The zero-order valence-corrected chi connectivity index (χ0v) is 11.0. The average molecular weight is 216 g/mol. The minimum absolute atomic E-state index is 0.118. The summed E-state index contributed by atoms with van der Waals surface area (Å²) >= 11 is 0. The quantitative estimate of drug-likeness (QED) is 0.677.